The van der Waals surface area contributed by atoms with Gasteiger partial charge in [-0.3, -0.25) is 0 Å². The van der Waals surface area contributed by atoms with Gasteiger partial charge in [0, 0.05) is 6.20 Å². The van der Waals surface area contributed by atoms with Gasteiger partial charge < -0.3 is 21.3 Å². The molecule has 126 valence electrons. The molecule has 12 heteroatoms. The highest BCUT2D eigenvalue weighted by Gasteiger charge is 2.26. The summed E-state index contributed by atoms with van der Waals surface area (Å²) >= 11 is 17.6. The Morgan fingerprint density at radius 2 is 1.71 bits per heavy atom. The first-order valence-corrected chi connectivity index (χ1v) is 8.18. The van der Waals surface area contributed by atoms with Crippen LogP contribution < -0.4 is 16.2 Å². The fourth-order valence-corrected chi connectivity index (χ4v) is 2.53. The number of aromatic nitrogens is 2. The van der Waals surface area contributed by atoms with E-state index in [2.05, 4.69) is 41.8 Å². The van der Waals surface area contributed by atoms with Crippen molar-refractivity contribution < 1.29 is 19.4 Å². The van der Waals surface area contributed by atoms with Gasteiger partial charge in [-0.05, 0) is 31.9 Å². The summed E-state index contributed by atoms with van der Waals surface area (Å²) in [6, 6.07) is 0. The van der Waals surface area contributed by atoms with Gasteiger partial charge in [-0.2, -0.15) is 4.98 Å². The normalized spacial score (nSPS) is 10.5. The zero-order valence-corrected chi connectivity index (χ0v) is 16.0. The number of carbonyl (C=O) groups excluding carboxylic acids is 1. The predicted octanol–water partition coefficient (Wildman–Crippen LogP) is 3.39. The molecule has 0 spiro atoms. The van der Waals surface area contributed by atoms with E-state index in [4.69, 9.17) is 39.4 Å². The Bertz CT molecular complexity index is 879. The van der Waals surface area contributed by atoms with Crippen molar-refractivity contribution in [3.63, 3.8) is 0 Å². The number of carboxylic acids is 1. The number of ether oxygens (including phenoxy) is 1. The SMILES string of the molecule is Nc1c(C(=O)Oc2nc(Cl)c(Br)c(N)c2C(=O)O)cnc(Cl)c1Br. The van der Waals surface area contributed by atoms with Crippen molar-refractivity contribution in [3.8, 4) is 5.88 Å². The third-order valence-corrected chi connectivity index (χ3v) is 5.36. The number of halogens is 4. The highest BCUT2D eigenvalue weighted by atomic mass is 79.9. The number of nitrogens with two attached hydrogens (primary N) is 2. The molecule has 24 heavy (non-hydrogen) atoms. The van der Waals surface area contributed by atoms with Gasteiger partial charge in [-0.15, -0.1) is 0 Å². The van der Waals surface area contributed by atoms with E-state index in [1.165, 1.54) is 0 Å². The van der Waals surface area contributed by atoms with Gasteiger partial charge in [0.25, 0.3) is 0 Å². The van der Waals surface area contributed by atoms with Crippen LogP contribution in [-0.2, 0) is 0 Å². The monoisotopic (exact) mass is 498 g/mol. The molecule has 0 aliphatic rings. The number of hydrogen-bond acceptors (Lipinski definition) is 7. The van der Waals surface area contributed by atoms with Crippen molar-refractivity contribution >= 4 is 78.4 Å². The number of esters is 1. The molecule has 2 rings (SSSR count). The van der Waals surface area contributed by atoms with E-state index >= 15 is 0 Å². The van der Waals surface area contributed by atoms with Gasteiger partial charge in [-0.25, -0.2) is 14.6 Å². The number of aromatic carboxylic acids is 1. The van der Waals surface area contributed by atoms with Gasteiger partial charge in [0.15, 0.2) is 0 Å². The van der Waals surface area contributed by atoms with Crippen molar-refractivity contribution in [2.45, 2.75) is 0 Å². The molecule has 0 aliphatic carbocycles. The van der Waals surface area contributed by atoms with Crippen LogP contribution in [0.25, 0.3) is 0 Å². The summed E-state index contributed by atoms with van der Waals surface area (Å²) in [4.78, 5) is 31.1. The molecule has 0 atom stereocenters. The zero-order chi connectivity index (χ0) is 18.2. The van der Waals surface area contributed by atoms with Gasteiger partial charge in [0.05, 0.1) is 20.3 Å². The van der Waals surface area contributed by atoms with Gasteiger partial charge in [-0.1, -0.05) is 23.2 Å². The summed E-state index contributed by atoms with van der Waals surface area (Å²) in [5.41, 5.74) is 10.5. The minimum Gasteiger partial charge on any atom is -0.477 e. The smallest absolute Gasteiger partial charge is 0.348 e. The lowest BCUT2D eigenvalue weighted by Crippen LogP contribution is -2.16. The van der Waals surface area contributed by atoms with Crippen LogP contribution >= 0.6 is 55.1 Å². The number of carboxylic acid groups (broad SMARTS) is 1. The van der Waals surface area contributed by atoms with Crippen LogP contribution in [0.2, 0.25) is 10.3 Å². The summed E-state index contributed by atoms with van der Waals surface area (Å²) in [6.45, 7) is 0. The van der Waals surface area contributed by atoms with E-state index in [1.54, 1.807) is 0 Å². The Morgan fingerprint density at radius 1 is 1.12 bits per heavy atom. The largest absolute Gasteiger partial charge is 0.477 e. The Morgan fingerprint density at radius 3 is 2.29 bits per heavy atom. The molecule has 0 amide bonds. The summed E-state index contributed by atoms with van der Waals surface area (Å²) in [7, 11) is 0. The first kappa shape index (κ1) is 18.7. The van der Waals surface area contributed by atoms with Crippen molar-refractivity contribution in [2.24, 2.45) is 0 Å². The number of rotatable bonds is 3. The average Bonchev–Trinajstić information content (AvgIpc) is 2.50. The molecule has 0 unspecified atom stereocenters. The van der Waals surface area contributed by atoms with E-state index in [9.17, 15) is 14.7 Å². The molecule has 2 aromatic heterocycles. The summed E-state index contributed by atoms with van der Waals surface area (Å²) < 4.78 is 5.24. The third-order valence-electron chi connectivity index (χ3n) is 2.74. The maximum absolute atomic E-state index is 12.2. The van der Waals surface area contributed by atoms with Gasteiger partial charge in [0.2, 0.25) is 5.88 Å². The molecule has 2 aromatic rings. The molecular formula is C12H6Br2Cl2N4O4. The maximum atomic E-state index is 12.2. The molecule has 0 bridgehead atoms. The summed E-state index contributed by atoms with van der Waals surface area (Å²) in [5, 5.41) is 9.11. The van der Waals surface area contributed by atoms with Gasteiger partial charge in [0.1, 0.15) is 21.4 Å². The topological polar surface area (TPSA) is 141 Å². The molecule has 8 nitrogen and oxygen atoms in total. The number of pyridine rings is 2. The first-order valence-electron chi connectivity index (χ1n) is 5.84. The highest BCUT2D eigenvalue weighted by Crippen LogP contribution is 2.36. The molecule has 0 aliphatic heterocycles. The van der Waals surface area contributed by atoms with E-state index in [0.717, 1.165) is 6.20 Å². The first-order chi connectivity index (χ1) is 11.1. The Labute approximate surface area is 161 Å². The Kier molecular flexibility index (Phi) is 5.53. The van der Waals surface area contributed by atoms with Crippen LogP contribution in [0.5, 0.6) is 5.88 Å². The molecule has 0 fully saturated rings. The van der Waals surface area contributed by atoms with Crippen LogP contribution in [-0.4, -0.2) is 27.0 Å². The molecule has 5 N–H and O–H groups in total. The van der Waals surface area contributed by atoms with Crippen molar-refractivity contribution in [1.82, 2.24) is 9.97 Å². The fraction of sp³-hybridized carbons (Fsp3) is 0. The van der Waals surface area contributed by atoms with E-state index in [1.807, 2.05) is 0 Å². The molecule has 0 saturated heterocycles. The average molecular weight is 501 g/mol. The lowest BCUT2D eigenvalue weighted by molar-refractivity contribution is 0.0679. The standard InChI is InChI=1S/C12H6Br2Cl2N4O4/c13-4-6(17)2(1-19-8(4)15)12(23)24-10-3(11(21)22)7(18)5(14)9(16)20-10/h1H,(H2,17,19)(H2,18,20)(H,21,22). The van der Waals surface area contributed by atoms with E-state index in [-0.39, 0.29) is 36.2 Å². The molecule has 2 heterocycles. The van der Waals surface area contributed by atoms with Crippen LogP contribution in [0.3, 0.4) is 0 Å². The second-order valence-electron chi connectivity index (χ2n) is 4.20. The maximum Gasteiger partial charge on any atom is 0.348 e. The molecular weight excluding hydrogens is 495 g/mol. The number of anilines is 2. The van der Waals surface area contributed by atoms with E-state index < -0.39 is 23.4 Å². The second kappa shape index (κ2) is 7.09. The molecule has 0 saturated carbocycles. The summed E-state index contributed by atoms with van der Waals surface area (Å²) in [5.74, 6) is -3.04. The number of nitrogen functional groups attached to an aromatic ring is 2. The zero-order valence-electron chi connectivity index (χ0n) is 11.3. The van der Waals surface area contributed by atoms with Crippen molar-refractivity contribution in [1.29, 1.82) is 0 Å². The molecule has 0 radical (unpaired) electrons. The van der Waals surface area contributed by atoms with Crippen molar-refractivity contribution in [2.75, 3.05) is 11.5 Å². The van der Waals surface area contributed by atoms with E-state index in [0.29, 0.717) is 0 Å². The summed E-state index contributed by atoms with van der Waals surface area (Å²) in [6.07, 6.45) is 1.08. The van der Waals surface area contributed by atoms with Crippen LogP contribution in [0.4, 0.5) is 11.4 Å². The second-order valence-corrected chi connectivity index (χ2v) is 6.50. The number of carbonyl (C=O) groups is 2. The fourth-order valence-electron chi connectivity index (χ4n) is 1.59. The number of nitrogens with zero attached hydrogens (tertiary/aromatic N) is 2. The molecule has 0 aromatic carbocycles. The Balaban J connectivity index is 2.51. The highest BCUT2D eigenvalue weighted by molar-refractivity contribution is 9.11. The van der Waals surface area contributed by atoms with Crippen molar-refractivity contribution in [3.05, 3.63) is 36.6 Å². The quantitative estimate of drug-likeness (QED) is 0.430. The van der Waals surface area contributed by atoms with Crippen LogP contribution in [0, 0.1) is 0 Å². The van der Waals surface area contributed by atoms with Crippen LogP contribution in [0.15, 0.2) is 15.1 Å². The van der Waals surface area contributed by atoms with Crippen LogP contribution in [0.1, 0.15) is 20.7 Å². The predicted molar refractivity (Wildman–Crippen MR) is 94.6 cm³/mol. The minimum atomic E-state index is -1.46. The Hall–Kier alpha value is -1.62. The minimum absolute atomic E-state index is 0.0342. The van der Waals surface area contributed by atoms with Gasteiger partial charge >= 0.3 is 11.9 Å². The third kappa shape index (κ3) is 3.41. The lowest BCUT2D eigenvalue weighted by atomic mass is 10.2. The lowest BCUT2D eigenvalue weighted by Gasteiger charge is -2.12. The number of hydrogen-bond donors (Lipinski definition) is 3.